The summed E-state index contributed by atoms with van der Waals surface area (Å²) in [5, 5.41) is 10.1. The Kier molecular flexibility index (Phi) is 5.06. The Labute approximate surface area is 131 Å². The molecule has 1 saturated heterocycles. The van der Waals surface area contributed by atoms with Gasteiger partial charge in [0, 0.05) is 13.3 Å². The Bertz CT molecular complexity index is 519. The van der Waals surface area contributed by atoms with Crippen LogP contribution in [-0.4, -0.2) is 35.4 Å². The highest BCUT2D eigenvalue weighted by atomic mass is 16.6. The SMILES string of the molecule is CC(=O)OC1C/C(C)=C\CC(O)/C(C)=C\[C@@H]2OC(=O)[C@@H](C)C12. The van der Waals surface area contributed by atoms with Gasteiger partial charge < -0.3 is 14.6 Å². The van der Waals surface area contributed by atoms with Crippen molar-refractivity contribution in [1.29, 1.82) is 0 Å². The van der Waals surface area contributed by atoms with Crippen LogP contribution in [0.4, 0.5) is 0 Å². The van der Waals surface area contributed by atoms with Crippen LogP contribution in [0.25, 0.3) is 0 Å². The summed E-state index contributed by atoms with van der Waals surface area (Å²) in [5.74, 6) is -1.23. The number of carbonyl (C=O) groups excluding carboxylic acids is 2. The summed E-state index contributed by atoms with van der Waals surface area (Å²) in [6.45, 7) is 6.94. The smallest absolute Gasteiger partial charge is 0.309 e. The minimum Gasteiger partial charge on any atom is -0.462 e. The Morgan fingerprint density at radius 2 is 2.09 bits per heavy atom. The maximum Gasteiger partial charge on any atom is 0.309 e. The molecule has 5 heteroatoms. The second-order valence-electron chi connectivity index (χ2n) is 6.33. The van der Waals surface area contributed by atoms with Crippen molar-refractivity contribution < 1.29 is 24.2 Å². The van der Waals surface area contributed by atoms with Crippen molar-refractivity contribution in [3.63, 3.8) is 0 Å². The van der Waals surface area contributed by atoms with E-state index in [1.165, 1.54) is 6.92 Å². The lowest BCUT2D eigenvalue weighted by molar-refractivity contribution is -0.150. The highest BCUT2D eigenvalue weighted by Gasteiger charge is 2.46. The molecule has 1 aliphatic carbocycles. The van der Waals surface area contributed by atoms with E-state index < -0.39 is 18.3 Å². The highest BCUT2D eigenvalue weighted by molar-refractivity contribution is 5.75. The van der Waals surface area contributed by atoms with E-state index in [4.69, 9.17) is 9.47 Å². The predicted octanol–water partition coefficient (Wildman–Crippen LogP) is 2.14. The number of rotatable bonds is 1. The fraction of sp³-hybridized carbons (Fsp3) is 0.647. The first-order valence-corrected chi connectivity index (χ1v) is 7.69. The minimum absolute atomic E-state index is 0.236. The molecule has 0 amide bonds. The van der Waals surface area contributed by atoms with E-state index in [1.54, 1.807) is 13.0 Å². The molecule has 5 atom stereocenters. The van der Waals surface area contributed by atoms with E-state index in [2.05, 4.69) is 0 Å². The maximum atomic E-state index is 12.0. The molecule has 0 aromatic rings. The molecule has 5 nitrogen and oxygen atoms in total. The van der Waals surface area contributed by atoms with Gasteiger partial charge in [-0.2, -0.15) is 0 Å². The topological polar surface area (TPSA) is 72.8 Å². The molecule has 1 aliphatic heterocycles. The molecule has 22 heavy (non-hydrogen) atoms. The molecule has 3 unspecified atom stereocenters. The van der Waals surface area contributed by atoms with E-state index in [0.717, 1.165) is 11.1 Å². The highest BCUT2D eigenvalue weighted by Crippen LogP contribution is 2.37. The van der Waals surface area contributed by atoms with Crippen LogP contribution in [0.2, 0.25) is 0 Å². The fourth-order valence-corrected chi connectivity index (χ4v) is 3.18. The van der Waals surface area contributed by atoms with Crippen LogP contribution >= 0.6 is 0 Å². The lowest BCUT2D eigenvalue weighted by Crippen LogP contribution is -2.35. The van der Waals surface area contributed by atoms with Gasteiger partial charge in [-0.25, -0.2) is 0 Å². The van der Waals surface area contributed by atoms with Crippen LogP contribution in [0, 0.1) is 11.8 Å². The first kappa shape index (κ1) is 16.7. The quantitative estimate of drug-likeness (QED) is 0.593. The van der Waals surface area contributed by atoms with Gasteiger partial charge >= 0.3 is 11.9 Å². The molecule has 0 saturated carbocycles. The van der Waals surface area contributed by atoms with Crippen LogP contribution in [0.3, 0.4) is 0 Å². The van der Waals surface area contributed by atoms with Crippen molar-refractivity contribution in [2.45, 2.75) is 58.8 Å². The van der Waals surface area contributed by atoms with Crippen LogP contribution in [0.15, 0.2) is 23.3 Å². The number of ether oxygens (including phenoxy) is 2. The molecule has 0 aromatic carbocycles. The third kappa shape index (κ3) is 3.58. The Morgan fingerprint density at radius 1 is 1.41 bits per heavy atom. The standard InChI is InChI=1S/C17H24O5/c1-9-5-6-13(19)10(2)8-15-16(11(3)17(20)22-15)14(7-9)21-12(4)18/h5,8,11,13-16,19H,6-7H2,1-4H3/b9-5-,10-8-/t11-,13?,14?,15-,16?/m0/s1. The summed E-state index contributed by atoms with van der Waals surface area (Å²) in [5.41, 5.74) is 1.80. The normalized spacial score (nSPS) is 40.6. The average Bonchev–Trinajstić information content (AvgIpc) is 2.69. The minimum atomic E-state index is -0.588. The first-order valence-electron chi connectivity index (χ1n) is 7.69. The number of carbonyl (C=O) groups is 2. The second-order valence-corrected chi connectivity index (χ2v) is 6.33. The van der Waals surface area contributed by atoms with Gasteiger partial charge in [-0.05, 0) is 31.9 Å². The van der Waals surface area contributed by atoms with Gasteiger partial charge in [0.2, 0.25) is 0 Å². The zero-order chi connectivity index (χ0) is 16.4. The van der Waals surface area contributed by atoms with Crippen LogP contribution in [-0.2, 0) is 19.1 Å². The number of fused-ring (bicyclic) bond motifs is 1. The molecule has 1 fully saturated rings. The lowest BCUT2D eigenvalue weighted by atomic mass is 9.82. The van der Waals surface area contributed by atoms with Crippen LogP contribution < -0.4 is 0 Å². The third-order valence-corrected chi connectivity index (χ3v) is 4.49. The largest absolute Gasteiger partial charge is 0.462 e. The molecule has 0 aromatic heterocycles. The van der Waals surface area contributed by atoms with E-state index in [0.29, 0.717) is 12.8 Å². The molecule has 122 valence electrons. The molecule has 0 radical (unpaired) electrons. The molecule has 2 aliphatic rings. The number of esters is 2. The van der Waals surface area contributed by atoms with Crippen molar-refractivity contribution in [2.75, 3.05) is 0 Å². The fourth-order valence-electron chi connectivity index (χ4n) is 3.18. The summed E-state index contributed by atoms with van der Waals surface area (Å²) in [4.78, 5) is 23.4. The van der Waals surface area contributed by atoms with Gasteiger partial charge in [-0.1, -0.05) is 18.6 Å². The van der Waals surface area contributed by atoms with Crippen molar-refractivity contribution in [3.8, 4) is 0 Å². The zero-order valence-electron chi connectivity index (χ0n) is 13.5. The van der Waals surface area contributed by atoms with Crippen molar-refractivity contribution >= 4 is 11.9 Å². The van der Waals surface area contributed by atoms with Gasteiger partial charge in [-0.3, -0.25) is 9.59 Å². The average molecular weight is 308 g/mol. The van der Waals surface area contributed by atoms with Crippen LogP contribution in [0.5, 0.6) is 0 Å². The summed E-state index contributed by atoms with van der Waals surface area (Å²) >= 11 is 0. The summed E-state index contributed by atoms with van der Waals surface area (Å²) < 4.78 is 10.9. The van der Waals surface area contributed by atoms with E-state index >= 15 is 0 Å². The Balaban J connectivity index is 2.40. The lowest BCUT2D eigenvalue weighted by Gasteiger charge is -2.29. The summed E-state index contributed by atoms with van der Waals surface area (Å²) in [6, 6.07) is 0. The summed E-state index contributed by atoms with van der Waals surface area (Å²) in [6.07, 6.45) is 3.34. The van der Waals surface area contributed by atoms with Crippen molar-refractivity contribution in [1.82, 2.24) is 0 Å². The Morgan fingerprint density at radius 3 is 2.73 bits per heavy atom. The van der Waals surface area contributed by atoms with Gasteiger partial charge in [0.05, 0.1) is 17.9 Å². The third-order valence-electron chi connectivity index (χ3n) is 4.49. The van der Waals surface area contributed by atoms with Gasteiger partial charge in [0.15, 0.2) is 0 Å². The number of aliphatic hydroxyl groups excluding tert-OH is 1. The van der Waals surface area contributed by atoms with Crippen LogP contribution in [0.1, 0.15) is 40.5 Å². The number of aliphatic hydroxyl groups is 1. The number of hydrogen-bond donors (Lipinski definition) is 1. The van der Waals surface area contributed by atoms with Crippen molar-refractivity contribution in [2.24, 2.45) is 11.8 Å². The van der Waals surface area contributed by atoms with E-state index in [9.17, 15) is 14.7 Å². The first-order chi connectivity index (χ1) is 10.3. The molecule has 0 spiro atoms. The molecule has 0 bridgehead atoms. The molecular weight excluding hydrogens is 284 g/mol. The molecule has 2 rings (SSSR count). The van der Waals surface area contributed by atoms with Gasteiger partial charge in [0.1, 0.15) is 12.2 Å². The van der Waals surface area contributed by atoms with Gasteiger partial charge in [-0.15, -0.1) is 0 Å². The van der Waals surface area contributed by atoms with E-state index in [1.807, 2.05) is 19.9 Å². The number of hydrogen-bond acceptors (Lipinski definition) is 5. The predicted molar refractivity (Wildman–Crippen MR) is 80.8 cm³/mol. The van der Waals surface area contributed by atoms with Crippen molar-refractivity contribution in [3.05, 3.63) is 23.3 Å². The summed E-state index contributed by atoms with van der Waals surface area (Å²) in [7, 11) is 0. The zero-order valence-corrected chi connectivity index (χ0v) is 13.5. The molecule has 1 heterocycles. The second kappa shape index (κ2) is 6.65. The molecular formula is C17H24O5. The van der Waals surface area contributed by atoms with Gasteiger partial charge in [0.25, 0.3) is 0 Å². The monoisotopic (exact) mass is 308 g/mol. The Hall–Kier alpha value is -1.62. The maximum absolute atomic E-state index is 12.0. The molecule has 1 N–H and O–H groups in total. The van der Waals surface area contributed by atoms with E-state index in [-0.39, 0.29) is 23.8 Å².